The SMILES string of the molecule is Cc1nc(-c2cccc(Cl)c2)nc2c1CC(=O)N2CC1COCCO1. The highest BCUT2D eigenvalue weighted by atomic mass is 35.5. The quantitative estimate of drug-likeness (QED) is 0.842. The molecule has 1 atom stereocenters. The van der Waals surface area contributed by atoms with Crippen molar-refractivity contribution in [3.8, 4) is 11.4 Å². The zero-order valence-corrected chi connectivity index (χ0v) is 14.6. The Kier molecular flexibility index (Phi) is 4.41. The van der Waals surface area contributed by atoms with Crippen LogP contribution in [0.25, 0.3) is 11.4 Å². The van der Waals surface area contributed by atoms with Crippen LogP contribution in [0, 0.1) is 6.92 Å². The molecule has 0 saturated carbocycles. The first-order valence-corrected chi connectivity index (χ1v) is 8.63. The van der Waals surface area contributed by atoms with Gasteiger partial charge < -0.3 is 9.47 Å². The number of hydrogen-bond donors (Lipinski definition) is 0. The summed E-state index contributed by atoms with van der Waals surface area (Å²) in [4.78, 5) is 23.4. The standard InChI is InChI=1S/C18H18ClN3O3/c1-11-15-8-16(23)22(9-14-10-24-5-6-25-14)18(15)21-17(20-11)12-3-2-4-13(19)7-12/h2-4,7,14H,5-6,8-10H2,1H3. The molecule has 1 amide bonds. The maximum Gasteiger partial charge on any atom is 0.232 e. The van der Waals surface area contributed by atoms with Crippen LogP contribution in [0.15, 0.2) is 24.3 Å². The van der Waals surface area contributed by atoms with Gasteiger partial charge in [-0.2, -0.15) is 0 Å². The van der Waals surface area contributed by atoms with Crippen molar-refractivity contribution in [2.75, 3.05) is 31.3 Å². The molecule has 1 saturated heterocycles. The Hall–Kier alpha value is -2.02. The summed E-state index contributed by atoms with van der Waals surface area (Å²) in [5.74, 6) is 1.26. The lowest BCUT2D eigenvalue weighted by Gasteiger charge is -2.27. The fraction of sp³-hybridized carbons (Fsp3) is 0.389. The second-order valence-electron chi connectivity index (χ2n) is 6.19. The van der Waals surface area contributed by atoms with Gasteiger partial charge in [-0.3, -0.25) is 9.69 Å². The molecular formula is C18H18ClN3O3. The summed E-state index contributed by atoms with van der Waals surface area (Å²) in [5.41, 5.74) is 2.53. The van der Waals surface area contributed by atoms with E-state index in [0.29, 0.717) is 49.5 Å². The van der Waals surface area contributed by atoms with Gasteiger partial charge in [-0.1, -0.05) is 23.7 Å². The van der Waals surface area contributed by atoms with Crippen LogP contribution in [0.1, 0.15) is 11.3 Å². The first kappa shape index (κ1) is 16.4. The van der Waals surface area contributed by atoms with Crippen molar-refractivity contribution in [2.45, 2.75) is 19.4 Å². The summed E-state index contributed by atoms with van der Waals surface area (Å²) in [6.45, 7) is 3.99. The van der Waals surface area contributed by atoms with Crippen molar-refractivity contribution in [1.82, 2.24) is 9.97 Å². The van der Waals surface area contributed by atoms with E-state index in [2.05, 4.69) is 9.97 Å². The molecule has 6 nitrogen and oxygen atoms in total. The van der Waals surface area contributed by atoms with E-state index >= 15 is 0 Å². The number of amides is 1. The second kappa shape index (κ2) is 6.71. The van der Waals surface area contributed by atoms with Gasteiger partial charge in [-0.25, -0.2) is 9.97 Å². The number of carbonyl (C=O) groups is 1. The Morgan fingerprint density at radius 3 is 2.96 bits per heavy atom. The normalized spacial score (nSPS) is 20.0. The topological polar surface area (TPSA) is 64.6 Å². The van der Waals surface area contributed by atoms with E-state index in [1.165, 1.54) is 0 Å². The minimum atomic E-state index is -0.131. The molecule has 1 fully saturated rings. The summed E-state index contributed by atoms with van der Waals surface area (Å²) < 4.78 is 11.1. The average Bonchev–Trinajstić information content (AvgIpc) is 2.92. The van der Waals surface area contributed by atoms with E-state index in [1.807, 2.05) is 31.2 Å². The lowest BCUT2D eigenvalue weighted by atomic mass is 10.1. The van der Waals surface area contributed by atoms with Gasteiger partial charge in [-0.15, -0.1) is 0 Å². The van der Waals surface area contributed by atoms with E-state index in [1.54, 1.807) is 4.90 Å². The van der Waals surface area contributed by atoms with Gasteiger partial charge in [0.2, 0.25) is 5.91 Å². The molecule has 3 heterocycles. The zero-order valence-electron chi connectivity index (χ0n) is 13.9. The highest BCUT2D eigenvalue weighted by Gasteiger charge is 2.33. The van der Waals surface area contributed by atoms with Crippen LogP contribution in [-0.2, 0) is 20.7 Å². The molecule has 25 heavy (non-hydrogen) atoms. The van der Waals surface area contributed by atoms with Crippen LogP contribution >= 0.6 is 11.6 Å². The predicted molar refractivity (Wildman–Crippen MR) is 93.8 cm³/mol. The van der Waals surface area contributed by atoms with E-state index in [0.717, 1.165) is 16.8 Å². The lowest BCUT2D eigenvalue weighted by molar-refractivity contribution is -0.119. The Labute approximate surface area is 150 Å². The molecule has 0 spiro atoms. The van der Waals surface area contributed by atoms with Gasteiger partial charge in [-0.05, 0) is 19.1 Å². The van der Waals surface area contributed by atoms with Gasteiger partial charge >= 0.3 is 0 Å². The monoisotopic (exact) mass is 359 g/mol. The third-order valence-corrected chi connectivity index (χ3v) is 4.67. The van der Waals surface area contributed by atoms with Crippen LogP contribution in [0.2, 0.25) is 5.02 Å². The van der Waals surface area contributed by atoms with Gasteiger partial charge in [0, 0.05) is 21.8 Å². The van der Waals surface area contributed by atoms with E-state index in [4.69, 9.17) is 21.1 Å². The summed E-state index contributed by atoms with van der Waals surface area (Å²) in [7, 11) is 0. The Balaban J connectivity index is 1.69. The molecule has 4 rings (SSSR count). The molecule has 2 aromatic rings. The molecule has 130 valence electrons. The van der Waals surface area contributed by atoms with Gasteiger partial charge in [0.05, 0.1) is 38.9 Å². The fourth-order valence-corrected chi connectivity index (χ4v) is 3.36. The molecule has 2 aliphatic rings. The molecular weight excluding hydrogens is 342 g/mol. The number of ether oxygens (including phenoxy) is 2. The fourth-order valence-electron chi connectivity index (χ4n) is 3.17. The molecule has 0 N–H and O–H groups in total. The molecule has 0 radical (unpaired) electrons. The van der Waals surface area contributed by atoms with Crippen LogP contribution in [0.4, 0.5) is 5.82 Å². The number of hydrogen-bond acceptors (Lipinski definition) is 5. The maximum atomic E-state index is 12.5. The predicted octanol–water partition coefficient (Wildman–Crippen LogP) is 2.41. The summed E-state index contributed by atoms with van der Waals surface area (Å²) in [5, 5.41) is 0.625. The third kappa shape index (κ3) is 3.25. The second-order valence-corrected chi connectivity index (χ2v) is 6.63. The van der Waals surface area contributed by atoms with Crippen LogP contribution in [-0.4, -0.2) is 48.3 Å². The van der Waals surface area contributed by atoms with Crippen LogP contribution < -0.4 is 4.90 Å². The van der Waals surface area contributed by atoms with Crippen LogP contribution in [0.5, 0.6) is 0 Å². The lowest BCUT2D eigenvalue weighted by Crippen LogP contribution is -2.41. The van der Waals surface area contributed by atoms with Gasteiger partial charge in [0.15, 0.2) is 5.82 Å². The largest absolute Gasteiger partial charge is 0.376 e. The molecule has 0 bridgehead atoms. The minimum absolute atomic E-state index is 0.0183. The first-order valence-electron chi connectivity index (χ1n) is 8.25. The van der Waals surface area contributed by atoms with Crippen molar-refractivity contribution < 1.29 is 14.3 Å². The number of aryl methyl sites for hydroxylation is 1. The summed E-state index contributed by atoms with van der Waals surface area (Å²) in [6, 6.07) is 7.40. The van der Waals surface area contributed by atoms with Crippen LogP contribution in [0.3, 0.4) is 0 Å². The first-order chi connectivity index (χ1) is 12.1. The molecule has 2 aliphatic heterocycles. The van der Waals surface area contributed by atoms with E-state index < -0.39 is 0 Å². The van der Waals surface area contributed by atoms with Crippen molar-refractivity contribution in [3.05, 3.63) is 40.5 Å². The Morgan fingerprint density at radius 1 is 1.32 bits per heavy atom. The number of benzene rings is 1. The Bertz CT molecular complexity index is 821. The Morgan fingerprint density at radius 2 is 2.20 bits per heavy atom. The highest BCUT2D eigenvalue weighted by molar-refractivity contribution is 6.30. The van der Waals surface area contributed by atoms with Gasteiger partial charge in [0.25, 0.3) is 0 Å². The number of carbonyl (C=O) groups excluding carboxylic acids is 1. The van der Waals surface area contributed by atoms with E-state index in [-0.39, 0.29) is 12.0 Å². The van der Waals surface area contributed by atoms with Crippen molar-refractivity contribution in [2.24, 2.45) is 0 Å². The number of aromatic nitrogens is 2. The van der Waals surface area contributed by atoms with Crippen molar-refractivity contribution >= 4 is 23.3 Å². The number of nitrogens with zero attached hydrogens (tertiary/aromatic N) is 3. The molecule has 1 unspecified atom stereocenters. The van der Waals surface area contributed by atoms with Gasteiger partial charge in [0.1, 0.15) is 5.82 Å². The number of rotatable bonds is 3. The third-order valence-electron chi connectivity index (χ3n) is 4.43. The molecule has 7 heteroatoms. The number of anilines is 1. The summed E-state index contributed by atoms with van der Waals surface area (Å²) in [6.07, 6.45) is 0.193. The molecule has 1 aromatic heterocycles. The molecule has 1 aromatic carbocycles. The van der Waals surface area contributed by atoms with Crippen molar-refractivity contribution in [3.63, 3.8) is 0 Å². The van der Waals surface area contributed by atoms with Crippen molar-refractivity contribution in [1.29, 1.82) is 0 Å². The number of fused-ring (bicyclic) bond motifs is 1. The zero-order chi connectivity index (χ0) is 17.4. The molecule has 0 aliphatic carbocycles. The average molecular weight is 360 g/mol. The smallest absolute Gasteiger partial charge is 0.232 e. The highest BCUT2D eigenvalue weighted by Crippen LogP contribution is 2.32. The number of halogens is 1. The minimum Gasteiger partial charge on any atom is -0.376 e. The summed E-state index contributed by atoms with van der Waals surface area (Å²) >= 11 is 6.08. The van der Waals surface area contributed by atoms with E-state index in [9.17, 15) is 4.79 Å². The maximum absolute atomic E-state index is 12.5.